The summed E-state index contributed by atoms with van der Waals surface area (Å²) in [4.78, 5) is 17.0. The number of hydrogen-bond acceptors (Lipinski definition) is 5. The van der Waals surface area contributed by atoms with E-state index in [-0.39, 0.29) is 24.4 Å². The van der Waals surface area contributed by atoms with Gasteiger partial charge in [0.25, 0.3) is 0 Å². The second kappa shape index (κ2) is 8.34. The zero-order valence-electron chi connectivity index (χ0n) is 16.5. The molecule has 1 aliphatic heterocycles. The molecule has 1 amide bonds. The first-order valence-corrected chi connectivity index (χ1v) is 9.74. The lowest BCUT2D eigenvalue weighted by Gasteiger charge is -2.25. The molecule has 1 unspecified atom stereocenters. The van der Waals surface area contributed by atoms with E-state index in [1.165, 1.54) is 0 Å². The summed E-state index contributed by atoms with van der Waals surface area (Å²) in [5, 5.41) is 7.52. The number of nitrogens with zero attached hydrogens (tertiary/aromatic N) is 3. The SMILES string of the molecule is CC(C)C(NC(=O)Cn1cnc(-c2ccccc2)n1)c1ccc2c(c1)OCCO2. The van der Waals surface area contributed by atoms with Gasteiger partial charge in [0.05, 0.1) is 6.04 Å². The van der Waals surface area contributed by atoms with Crippen LogP contribution in [0.3, 0.4) is 0 Å². The standard InChI is InChI=1S/C22H24N4O3/c1-15(2)21(17-8-9-18-19(12-17)29-11-10-28-18)24-20(27)13-26-14-23-22(25-26)16-6-4-3-5-7-16/h3-9,12,14-15,21H,10-11,13H2,1-2H3,(H,24,27). The summed E-state index contributed by atoms with van der Waals surface area (Å²) in [7, 11) is 0. The van der Waals surface area contributed by atoms with Crippen LogP contribution in [0, 0.1) is 5.92 Å². The fourth-order valence-electron chi connectivity index (χ4n) is 3.34. The quantitative estimate of drug-likeness (QED) is 0.697. The Kier molecular flexibility index (Phi) is 5.46. The van der Waals surface area contributed by atoms with Gasteiger partial charge in [0, 0.05) is 5.56 Å². The van der Waals surface area contributed by atoms with Crippen molar-refractivity contribution in [1.82, 2.24) is 20.1 Å². The molecule has 7 nitrogen and oxygen atoms in total. The molecule has 0 fully saturated rings. The Bertz CT molecular complexity index is 985. The number of nitrogens with one attached hydrogen (secondary N) is 1. The van der Waals surface area contributed by atoms with E-state index in [9.17, 15) is 4.79 Å². The van der Waals surface area contributed by atoms with Gasteiger partial charge in [0.2, 0.25) is 5.91 Å². The third-order valence-corrected chi connectivity index (χ3v) is 4.78. The van der Waals surface area contributed by atoms with Gasteiger partial charge in [-0.15, -0.1) is 0 Å². The van der Waals surface area contributed by atoms with Gasteiger partial charge in [-0.3, -0.25) is 4.79 Å². The third kappa shape index (κ3) is 4.39. The number of benzene rings is 2. The van der Waals surface area contributed by atoms with Crippen molar-refractivity contribution in [1.29, 1.82) is 0 Å². The number of hydrogen-bond donors (Lipinski definition) is 1. The van der Waals surface area contributed by atoms with Crippen molar-refractivity contribution in [3.8, 4) is 22.9 Å². The van der Waals surface area contributed by atoms with Crippen LogP contribution in [0.15, 0.2) is 54.9 Å². The van der Waals surface area contributed by atoms with Crippen molar-refractivity contribution in [3.05, 3.63) is 60.4 Å². The maximum absolute atomic E-state index is 12.7. The number of carbonyl (C=O) groups is 1. The summed E-state index contributed by atoms with van der Waals surface area (Å²) >= 11 is 0. The highest BCUT2D eigenvalue weighted by molar-refractivity contribution is 5.76. The van der Waals surface area contributed by atoms with Crippen LogP contribution in [0.25, 0.3) is 11.4 Å². The van der Waals surface area contributed by atoms with Crippen LogP contribution in [0.4, 0.5) is 0 Å². The minimum absolute atomic E-state index is 0.105. The van der Waals surface area contributed by atoms with Crippen LogP contribution in [-0.2, 0) is 11.3 Å². The molecular weight excluding hydrogens is 368 g/mol. The van der Waals surface area contributed by atoms with Crippen LogP contribution in [0.2, 0.25) is 0 Å². The van der Waals surface area contributed by atoms with E-state index in [2.05, 4.69) is 29.2 Å². The number of ether oxygens (including phenoxy) is 2. The minimum Gasteiger partial charge on any atom is -0.486 e. The number of aromatic nitrogens is 3. The highest BCUT2D eigenvalue weighted by Gasteiger charge is 2.22. The maximum atomic E-state index is 12.7. The fourth-order valence-corrected chi connectivity index (χ4v) is 3.34. The monoisotopic (exact) mass is 392 g/mol. The number of fused-ring (bicyclic) bond motifs is 1. The number of rotatable bonds is 6. The molecule has 1 aromatic heterocycles. The van der Waals surface area contributed by atoms with Crippen molar-refractivity contribution in [3.63, 3.8) is 0 Å². The van der Waals surface area contributed by atoms with E-state index in [0.29, 0.717) is 19.0 Å². The largest absolute Gasteiger partial charge is 0.486 e. The van der Waals surface area contributed by atoms with Gasteiger partial charge in [-0.1, -0.05) is 50.2 Å². The predicted molar refractivity (Wildman–Crippen MR) is 109 cm³/mol. The smallest absolute Gasteiger partial charge is 0.242 e. The van der Waals surface area contributed by atoms with Crippen LogP contribution >= 0.6 is 0 Å². The van der Waals surface area contributed by atoms with E-state index in [4.69, 9.17) is 9.47 Å². The lowest BCUT2D eigenvalue weighted by Crippen LogP contribution is -2.34. The zero-order chi connectivity index (χ0) is 20.2. The molecule has 150 valence electrons. The molecular formula is C22H24N4O3. The normalized spacial score (nSPS) is 13.9. The second-order valence-electron chi connectivity index (χ2n) is 7.32. The Labute approximate surface area is 169 Å². The average Bonchev–Trinajstić information content (AvgIpc) is 3.20. The van der Waals surface area contributed by atoms with E-state index in [1.807, 2.05) is 48.5 Å². The van der Waals surface area contributed by atoms with Gasteiger partial charge >= 0.3 is 0 Å². The molecule has 4 rings (SSSR count). The van der Waals surface area contributed by atoms with Crippen LogP contribution in [-0.4, -0.2) is 33.9 Å². The Balaban J connectivity index is 1.45. The van der Waals surface area contributed by atoms with Crippen molar-refractivity contribution in [2.24, 2.45) is 5.92 Å². The predicted octanol–water partition coefficient (Wildman–Crippen LogP) is 3.23. The Hall–Kier alpha value is -3.35. The Morgan fingerprint density at radius 1 is 1.10 bits per heavy atom. The van der Waals surface area contributed by atoms with Crippen molar-refractivity contribution in [2.75, 3.05) is 13.2 Å². The Morgan fingerprint density at radius 2 is 1.86 bits per heavy atom. The minimum atomic E-state index is -0.143. The van der Waals surface area contributed by atoms with Crippen molar-refractivity contribution < 1.29 is 14.3 Å². The first kappa shape index (κ1) is 19.0. The zero-order valence-corrected chi connectivity index (χ0v) is 16.5. The molecule has 0 saturated carbocycles. The van der Waals surface area contributed by atoms with Gasteiger partial charge in [-0.05, 0) is 23.6 Å². The molecule has 3 aromatic rings. The van der Waals surface area contributed by atoms with Crippen molar-refractivity contribution >= 4 is 5.91 Å². The second-order valence-corrected chi connectivity index (χ2v) is 7.32. The third-order valence-electron chi connectivity index (χ3n) is 4.78. The first-order valence-electron chi connectivity index (χ1n) is 9.74. The molecule has 0 saturated heterocycles. The highest BCUT2D eigenvalue weighted by atomic mass is 16.6. The Morgan fingerprint density at radius 3 is 2.62 bits per heavy atom. The summed E-state index contributed by atoms with van der Waals surface area (Å²) in [6.07, 6.45) is 1.58. The van der Waals surface area contributed by atoms with Crippen LogP contribution in [0.5, 0.6) is 11.5 Å². The van der Waals surface area contributed by atoms with Gasteiger partial charge in [0.15, 0.2) is 17.3 Å². The number of amides is 1. The van der Waals surface area contributed by atoms with Gasteiger partial charge < -0.3 is 14.8 Å². The van der Waals surface area contributed by atoms with E-state index in [1.54, 1.807) is 11.0 Å². The molecule has 29 heavy (non-hydrogen) atoms. The summed E-state index contributed by atoms with van der Waals surface area (Å²) in [6, 6.07) is 15.4. The topological polar surface area (TPSA) is 78.3 Å². The van der Waals surface area contributed by atoms with Gasteiger partial charge in [0.1, 0.15) is 26.1 Å². The van der Waals surface area contributed by atoms with E-state index < -0.39 is 0 Å². The van der Waals surface area contributed by atoms with E-state index >= 15 is 0 Å². The molecule has 0 radical (unpaired) electrons. The van der Waals surface area contributed by atoms with E-state index in [0.717, 1.165) is 22.6 Å². The lowest BCUT2D eigenvalue weighted by atomic mass is 9.95. The molecule has 1 atom stereocenters. The first-order chi connectivity index (χ1) is 14.1. The molecule has 0 spiro atoms. The van der Waals surface area contributed by atoms with Crippen LogP contribution in [0.1, 0.15) is 25.5 Å². The molecule has 0 bridgehead atoms. The number of carbonyl (C=O) groups excluding carboxylic acids is 1. The summed E-state index contributed by atoms with van der Waals surface area (Å²) in [6.45, 7) is 5.34. The molecule has 0 aliphatic carbocycles. The van der Waals surface area contributed by atoms with Gasteiger partial charge in [-0.2, -0.15) is 5.10 Å². The summed E-state index contributed by atoms with van der Waals surface area (Å²) < 4.78 is 12.8. The van der Waals surface area contributed by atoms with Crippen LogP contribution < -0.4 is 14.8 Å². The molecule has 2 heterocycles. The molecule has 1 N–H and O–H groups in total. The summed E-state index contributed by atoms with van der Waals surface area (Å²) in [5.41, 5.74) is 1.91. The fraction of sp³-hybridized carbons (Fsp3) is 0.318. The highest BCUT2D eigenvalue weighted by Crippen LogP contribution is 2.34. The van der Waals surface area contributed by atoms with Gasteiger partial charge in [-0.25, -0.2) is 9.67 Å². The maximum Gasteiger partial charge on any atom is 0.242 e. The average molecular weight is 392 g/mol. The summed E-state index contributed by atoms with van der Waals surface area (Å²) in [5.74, 6) is 2.15. The molecule has 2 aromatic carbocycles. The van der Waals surface area contributed by atoms with Crippen molar-refractivity contribution in [2.45, 2.75) is 26.4 Å². The lowest BCUT2D eigenvalue weighted by molar-refractivity contribution is -0.122. The molecule has 7 heteroatoms. The molecule has 1 aliphatic rings.